The minimum absolute atomic E-state index is 0. The number of hydrogen-bond acceptors (Lipinski definition) is 5. The molecule has 0 saturated heterocycles. The Kier molecular flexibility index (Phi) is 9.06. The third-order valence-electron chi connectivity index (χ3n) is 5.60. The number of nitrogens with one attached hydrogen (secondary N) is 1. The molecule has 0 atom stereocenters. The summed E-state index contributed by atoms with van der Waals surface area (Å²) in [5.74, 6) is -0.431. The van der Waals surface area contributed by atoms with Gasteiger partial charge in [-0.25, -0.2) is 4.79 Å². The minimum atomic E-state index is -0.347. The summed E-state index contributed by atoms with van der Waals surface area (Å²) in [6.07, 6.45) is 1.80. The van der Waals surface area contributed by atoms with Crippen LogP contribution in [0.15, 0.2) is 60.7 Å². The lowest BCUT2D eigenvalue weighted by Crippen LogP contribution is -2.29. The molecule has 4 rings (SSSR count). The molecule has 0 spiro atoms. The molecule has 0 radical (unpaired) electrons. The highest BCUT2D eigenvalue weighted by atomic mass is 35.5. The summed E-state index contributed by atoms with van der Waals surface area (Å²) < 4.78 is 5.33. The first kappa shape index (κ1) is 25.0. The van der Waals surface area contributed by atoms with Gasteiger partial charge in [0.1, 0.15) is 5.00 Å². The van der Waals surface area contributed by atoms with E-state index in [1.165, 1.54) is 16.9 Å². The number of hydrogen-bond donors (Lipinski definition) is 1. The fourth-order valence-electron chi connectivity index (χ4n) is 4.03. The number of amides is 1. The molecular weight excluding hydrogens is 456 g/mol. The second-order valence-electron chi connectivity index (χ2n) is 7.91. The van der Waals surface area contributed by atoms with Crippen molar-refractivity contribution in [2.75, 3.05) is 18.5 Å². The molecule has 5 nitrogen and oxygen atoms in total. The first-order chi connectivity index (χ1) is 15.6. The average molecular weight is 485 g/mol. The van der Waals surface area contributed by atoms with Gasteiger partial charge in [0, 0.05) is 30.9 Å². The van der Waals surface area contributed by atoms with Gasteiger partial charge in [-0.2, -0.15) is 0 Å². The smallest absolute Gasteiger partial charge is 0.341 e. The molecule has 2 aromatic carbocycles. The number of rotatable bonds is 8. The Morgan fingerprint density at radius 2 is 1.70 bits per heavy atom. The van der Waals surface area contributed by atoms with Gasteiger partial charge < -0.3 is 10.1 Å². The second-order valence-corrected chi connectivity index (χ2v) is 9.01. The Balaban J connectivity index is 0.00000306. The lowest BCUT2D eigenvalue weighted by atomic mass is 10.0. The molecule has 3 aromatic rings. The van der Waals surface area contributed by atoms with Crippen molar-refractivity contribution in [1.29, 1.82) is 0 Å². The van der Waals surface area contributed by atoms with Crippen molar-refractivity contribution < 1.29 is 14.3 Å². The van der Waals surface area contributed by atoms with Crippen LogP contribution in [0.4, 0.5) is 5.00 Å². The zero-order valence-electron chi connectivity index (χ0n) is 18.7. The largest absolute Gasteiger partial charge is 0.462 e. The van der Waals surface area contributed by atoms with E-state index < -0.39 is 0 Å². The molecule has 2 heterocycles. The van der Waals surface area contributed by atoms with Gasteiger partial charge >= 0.3 is 5.97 Å². The zero-order valence-corrected chi connectivity index (χ0v) is 20.3. The van der Waals surface area contributed by atoms with Gasteiger partial charge in [0.2, 0.25) is 5.91 Å². The molecular formula is C26H29ClN2O3S. The molecule has 0 saturated carbocycles. The highest BCUT2D eigenvalue weighted by molar-refractivity contribution is 7.17. The van der Waals surface area contributed by atoms with E-state index in [9.17, 15) is 9.59 Å². The van der Waals surface area contributed by atoms with Crippen LogP contribution in [0.5, 0.6) is 0 Å². The van der Waals surface area contributed by atoms with Crippen LogP contribution in [0.2, 0.25) is 0 Å². The summed E-state index contributed by atoms with van der Waals surface area (Å²) in [4.78, 5) is 28.9. The monoisotopic (exact) mass is 484 g/mol. The van der Waals surface area contributed by atoms with Gasteiger partial charge in [0.15, 0.2) is 0 Å². The number of fused-ring (bicyclic) bond motifs is 1. The molecule has 33 heavy (non-hydrogen) atoms. The summed E-state index contributed by atoms with van der Waals surface area (Å²) >= 11 is 1.51. The van der Waals surface area contributed by atoms with Gasteiger partial charge in [-0.3, -0.25) is 9.69 Å². The van der Waals surface area contributed by atoms with E-state index in [1.54, 1.807) is 6.92 Å². The average Bonchev–Trinajstić information content (AvgIpc) is 3.16. The van der Waals surface area contributed by atoms with Crippen molar-refractivity contribution in [2.45, 2.75) is 39.3 Å². The first-order valence-corrected chi connectivity index (χ1v) is 11.9. The second kappa shape index (κ2) is 12.0. The molecule has 7 heteroatoms. The third kappa shape index (κ3) is 6.44. The number of aryl methyl sites for hydroxylation is 1. The van der Waals surface area contributed by atoms with Crippen LogP contribution in [-0.2, 0) is 35.5 Å². The lowest BCUT2D eigenvalue weighted by molar-refractivity contribution is -0.116. The molecule has 1 aliphatic heterocycles. The van der Waals surface area contributed by atoms with Crippen LogP contribution in [0, 0.1) is 0 Å². The topological polar surface area (TPSA) is 58.6 Å². The van der Waals surface area contributed by atoms with Crippen LogP contribution in [0.1, 0.15) is 45.3 Å². The van der Waals surface area contributed by atoms with Gasteiger partial charge in [-0.1, -0.05) is 60.7 Å². The molecule has 174 valence electrons. The number of anilines is 1. The molecule has 1 N–H and O–H groups in total. The van der Waals surface area contributed by atoms with Gasteiger partial charge in [0.05, 0.1) is 12.2 Å². The van der Waals surface area contributed by atoms with Crippen molar-refractivity contribution in [3.05, 3.63) is 87.8 Å². The zero-order chi connectivity index (χ0) is 22.3. The SMILES string of the molecule is CCOC(=O)c1c(NC(=O)CCc2ccccc2)sc2c1CCN(Cc1ccccc1)C2.Cl. The van der Waals surface area contributed by atoms with Crippen LogP contribution < -0.4 is 5.32 Å². The van der Waals surface area contributed by atoms with Crippen molar-refractivity contribution in [2.24, 2.45) is 0 Å². The first-order valence-electron chi connectivity index (χ1n) is 11.1. The van der Waals surface area contributed by atoms with Crippen molar-refractivity contribution in [1.82, 2.24) is 4.90 Å². The maximum Gasteiger partial charge on any atom is 0.341 e. The van der Waals surface area contributed by atoms with Gasteiger partial charge in [-0.15, -0.1) is 23.7 Å². The molecule has 1 amide bonds. The normalized spacial score (nSPS) is 13.0. The summed E-state index contributed by atoms with van der Waals surface area (Å²) in [6, 6.07) is 20.3. The number of carbonyl (C=O) groups excluding carboxylic acids is 2. The Bertz CT molecular complexity index is 1070. The summed E-state index contributed by atoms with van der Waals surface area (Å²) in [6.45, 7) is 4.61. The van der Waals surface area contributed by atoms with E-state index in [4.69, 9.17) is 4.74 Å². The molecule has 1 aromatic heterocycles. The standard InChI is InChI=1S/C26H28N2O3S.ClH/c1-2-31-26(30)24-21-15-16-28(17-20-11-7-4-8-12-20)18-22(21)32-25(24)27-23(29)14-13-19-9-5-3-6-10-19;/h3-12H,2,13-18H2,1H3,(H,27,29);1H. The number of nitrogens with zero attached hydrogens (tertiary/aromatic N) is 1. The third-order valence-corrected chi connectivity index (χ3v) is 6.73. The van der Waals surface area contributed by atoms with E-state index in [-0.39, 0.29) is 24.3 Å². The quantitative estimate of drug-likeness (QED) is 0.430. The van der Waals surface area contributed by atoms with E-state index in [0.29, 0.717) is 30.0 Å². The fourth-order valence-corrected chi connectivity index (χ4v) is 5.33. The van der Waals surface area contributed by atoms with Crippen molar-refractivity contribution in [3.8, 4) is 0 Å². The summed E-state index contributed by atoms with van der Waals surface area (Å²) in [5, 5.41) is 3.62. The minimum Gasteiger partial charge on any atom is -0.462 e. The van der Waals surface area contributed by atoms with Gasteiger partial charge in [0.25, 0.3) is 0 Å². The van der Waals surface area contributed by atoms with E-state index in [2.05, 4.69) is 34.5 Å². The highest BCUT2D eigenvalue weighted by Crippen LogP contribution is 2.38. The predicted octanol–water partition coefficient (Wildman–Crippen LogP) is 5.48. The molecule has 0 fully saturated rings. The Labute approximate surface area is 205 Å². The van der Waals surface area contributed by atoms with E-state index in [1.807, 2.05) is 36.4 Å². The summed E-state index contributed by atoms with van der Waals surface area (Å²) in [5.41, 5.74) is 3.96. The van der Waals surface area contributed by atoms with E-state index in [0.717, 1.165) is 42.1 Å². The molecule has 0 aliphatic carbocycles. The maximum atomic E-state index is 12.8. The Hall–Kier alpha value is -2.67. The molecule has 0 unspecified atom stereocenters. The molecule has 1 aliphatic rings. The van der Waals surface area contributed by atoms with Crippen LogP contribution in [-0.4, -0.2) is 29.9 Å². The number of esters is 1. The fraction of sp³-hybridized carbons (Fsp3) is 0.308. The lowest BCUT2D eigenvalue weighted by Gasteiger charge is -2.27. The van der Waals surface area contributed by atoms with Crippen molar-refractivity contribution >= 4 is 40.6 Å². The van der Waals surface area contributed by atoms with Crippen LogP contribution in [0.25, 0.3) is 0 Å². The summed E-state index contributed by atoms with van der Waals surface area (Å²) in [7, 11) is 0. The maximum absolute atomic E-state index is 12.8. The van der Waals surface area contributed by atoms with E-state index >= 15 is 0 Å². The van der Waals surface area contributed by atoms with Crippen LogP contribution in [0.3, 0.4) is 0 Å². The number of ether oxygens (including phenoxy) is 1. The molecule has 0 bridgehead atoms. The Morgan fingerprint density at radius 1 is 1.03 bits per heavy atom. The van der Waals surface area contributed by atoms with Crippen LogP contribution >= 0.6 is 23.7 Å². The Morgan fingerprint density at radius 3 is 2.36 bits per heavy atom. The highest BCUT2D eigenvalue weighted by Gasteiger charge is 2.29. The van der Waals surface area contributed by atoms with Gasteiger partial charge in [-0.05, 0) is 36.5 Å². The number of halogens is 1. The number of benzene rings is 2. The predicted molar refractivity (Wildman–Crippen MR) is 135 cm³/mol. The van der Waals surface area contributed by atoms with Crippen molar-refractivity contribution in [3.63, 3.8) is 0 Å². The number of carbonyl (C=O) groups is 2. The number of thiophene rings is 1.